The summed E-state index contributed by atoms with van der Waals surface area (Å²) < 4.78 is 5.46. The molecule has 0 N–H and O–H groups in total. The number of carbonyl (C=O) groups is 1. The van der Waals surface area contributed by atoms with Gasteiger partial charge in [-0.25, -0.2) is 4.79 Å². The standard InChI is InChI=1S/C20H20ClN3O2/c1-2-15-3-7-18(8-4-15)26-20(25)24-11-9-23(10-12-24)17-6-5-16(14-22)19(21)13-17/h3-8,13H,2,9-12H2,1H3. The highest BCUT2D eigenvalue weighted by Gasteiger charge is 2.23. The second-order valence-electron chi connectivity index (χ2n) is 6.12. The molecule has 1 aliphatic heterocycles. The Morgan fingerprint density at radius 2 is 1.85 bits per heavy atom. The predicted octanol–water partition coefficient (Wildman–Crippen LogP) is 4.10. The molecule has 1 amide bonds. The zero-order chi connectivity index (χ0) is 18.5. The SMILES string of the molecule is CCc1ccc(OC(=O)N2CCN(c3ccc(C#N)c(Cl)c3)CC2)cc1. The number of ether oxygens (including phenoxy) is 1. The van der Waals surface area contributed by atoms with Gasteiger partial charge in [-0.15, -0.1) is 0 Å². The fraction of sp³-hybridized carbons (Fsp3) is 0.300. The molecule has 3 rings (SSSR count). The number of nitrogens with zero attached hydrogens (tertiary/aromatic N) is 3. The molecule has 0 radical (unpaired) electrons. The third-order valence-electron chi connectivity index (χ3n) is 4.51. The van der Waals surface area contributed by atoms with Gasteiger partial charge >= 0.3 is 6.09 Å². The van der Waals surface area contributed by atoms with Gasteiger partial charge in [-0.3, -0.25) is 0 Å². The van der Waals surface area contributed by atoms with Gasteiger partial charge in [0.05, 0.1) is 10.6 Å². The van der Waals surface area contributed by atoms with Crippen molar-refractivity contribution in [2.24, 2.45) is 0 Å². The first-order chi connectivity index (χ1) is 12.6. The molecule has 0 saturated carbocycles. The van der Waals surface area contributed by atoms with E-state index < -0.39 is 0 Å². The zero-order valence-corrected chi connectivity index (χ0v) is 15.4. The van der Waals surface area contributed by atoms with Crippen molar-refractivity contribution >= 4 is 23.4 Å². The van der Waals surface area contributed by atoms with Crippen LogP contribution in [0.25, 0.3) is 0 Å². The number of piperazine rings is 1. The van der Waals surface area contributed by atoms with E-state index in [2.05, 4.69) is 17.9 Å². The van der Waals surface area contributed by atoms with E-state index in [-0.39, 0.29) is 6.09 Å². The van der Waals surface area contributed by atoms with Crippen molar-refractivity contribution in [1.29, 1.82) is 5.26 Å². The Bertz CT molecular complexity index is 822. The summed E-state index contributed by atoms with van der Waals surface area (Å²) in [6, 6.07) is 15.0. The molecule has 6 heteroatoms. The summed E-state index contributed by atoms with van der Waals surface area (Å²) in [5.74, 6) is 0.563. The topological polar surface area (TPSA) is 56.6 Å². The van der Waals surface area contributed by atoms with E-state index >= 15 is 0 Å². The number of amides is 1. The summed E-state index contributed by atoms with van der Waals surface area (Å²) in [4.78, 5) is 16.2. The molecule has 0 aromatic heterocycles. The van der Waals surface area contributed by atoms with E-state index in [1.165, 1.54) is 5.56 Å². The number of halogens is 1. The van der Waals surface area contributed by atoms with Crippen LogP contribution in [0.2, 0.25) is 5.02 Å². The van der Waals surface area contributed by atoms with Gasteiger partial charge < -0.3 is 14.5 Å². The first-order valence-electron chi connectivity index (χ1n) is 8.61. The lowest BCUT2D eigenvalue weighted by atomic mass is 10.2. The smallest absolute Gasteiger partial charge is 0.410 e. The van der Waals surface area contributed by atoms with Crippen LogP contribution in [0.15, 0.2) is 42.5 Å². The highest BCUT2D eigenvalue weighted by molar-refractivity contribution is 6.32. The molecule has 0 atom stereocenters. The molecular formula is C20H20ClN3O2. The van der Waals surface area contributed by atoms with Gasteiger partial charge in [-0.05, 0) is 42.3 Å². The lowest BCUT2D eigenvalue weighted by Crippen LogP contribution is -2.49. The van der Waals surface area contributed by atoms with Crippen molar-refractivity contribution in [3.8, 4) is 11.8 Å². The Labute approximate surface area is 158 Å². The maximum Gasteiger partial charge on any atom is 0.415 e. The van der Waals surface area contributed by atoms with Gasteiger partial charge in [0.15, 0.2) is 0 Å². The first kappa shape index (κ1) is 18.1. The Morgan fingerprint density at radius 3 is 2.42 bits per heavy atom. The predicted molar refractivity (Wildman–Crippen MR) is 102 cm³/mol. The van der Waals surface area contributed by atoms with E-state index in [1.54, 1.807) is 17.0 Å². The maximum absolute atomic E-state index is 12.3. The molecule has 26 heavy (non-hydrogen) atoms. The number of aryl methyl sites for hydroxylation is 1. The summed E-state index contributed by atoms with van der Waals surface area (Å²) in [7, 11) is 0. The first-order valence-corrected chi connectivity index (χ1v) is 8.99. The van der Waals surface area contributed by atoms with Crippen LogP contribution in [0.4, 0.5) is 10.5 Å². The largest absolute Gasteiger partial charge is 0.415 e. The zero-order valence-electron chi connectivity index (χ0n) is 14.6. The quantitative estimate of drug-likeness (QED) is 0.817. The van der Waals surface area contributed by atoms with Crippen molar-refractivity contribution in [2.75, 3.05) is 31.1 Å². The average Bonchev–Trinajstić information content (AvgIpc) is 2.68. The van der Waals surface area contributed by atoms with Crippen LogP contribution in [0.1, 0.15) is 18.1 Å². The average molecular weight is 370 g/mol. The van der Waals surface area contributed by atoms with Crippen LogP contribution in [0.3, 0.4) is 0 Å². The fourth-order valence-electron chi connectivity index (χ4n) is 2.90. The van der Waals surface area contributed by atoms with E-state index in [1.807, 2.05) is 30.3 Å². The molecule has 1 aliphatic rings. The number of nitriles is 1. The minimum Gasteiger partial charge on any atom is -0.410 e. The maximum atomic E-state index is 12.3. The Morgan fingerprint density at radius 1 is 1.15 bits per heavy atom. The minimum atomic E-state index is -0.327. The van der Waals surface area contributed by atoms with E-state index in [0.29, 0.717) is 42.5 Å². The molecule has 1 saturated heterocycles. The van der Waals surface area contributed by atoms with Crippen molar-refractivity contribution in [3.63, 3.8) is 0 Å². The Balaban J connectivity index is 1.56. The normalized spacial score (nSPS) is 14.0. The summed E-state index contributed by atoms with van der Waals surface area (Å²) in [5.41, 5.74) is 2.63. The molecule has 0 bridgehead atoms. The highest BCUT2D eigenvalue weighted by atomic mass is 35.5. The number of hydrogen-bond acceptors (Lipinski definition) is 4. The number of hydrogen-bond donors (Lipinski definition) is 0. The molecular weight excluding hydrogens is 350 g/mol. The molecule has 2 aromatic rings. The van der Waals surface area contributed by atoms with Gasteiger partial charge in [0, 0.05) is 31.9 Å². The molecule has 5 nitrogen and oxygen atoms in total. The number of rotatable bonds is 3. The lowest BCUT2D eigenvalue weighted by Gasteiger charge is -2.35. The van der Waals surface area contributed by atoms with E-state index in [4.69, 9.17) is 21.6 Å². The van der Waals surface area contributed by atoms with Crippen LogP contribution in [0, 0.1) is 11.3 Å². The van der Waals surface area contributed by atoms with Crippen molar-refractivity contribution in [1.82, 2.24) is 4.90 Å². The van der Waals surface area contributed by atoms with Gasteiger partial charge in [0.2, 0.25) is 0 Å². The molecule has 1 fully saturated rings. The number of carbonyl (C=O) groups excluding carboxylic acids is 1. The van der Waals surface area contributed by atoms with Crippen molar-refractivity contribution in [2.45, 2.75) is 13.3 Å². The summed E-state index contributed by atoms with van der Waals surface area (Å²) in [5, 5.41) is 9.41. The van der Waals surface area contributed by atoms with Gasteiger partial charge in [-0.2, -0.15) is 5.26 Å². The molecule has 2 aromatic carbocycles. The van der Waals surface area contributed by atoms with Crippen LogP contribution >= 0.6 is 11.6 Å². The van der Waals surface area contributed by atoms with Crippen LogP contribution < -0.4 is 9.64 Å². The van der Waals surface area contributed by atoms with Gasteiger partial charge in [-0.1, -0.05) is 30.7 Å². The monoisotopic (exact) mass is 369 g/mol. The fourth-order valence-corrected chi connectivity index (χ4v) is 3.11. The van der Waals surface area contributed by atoms with Gasteiger partial charge in [0.1, 0.15) is 11.8 Å². The van der Waals surface area contributed by atoms with Crippen molar-refractivity contribution in [3.05, 3.63) is 58.6 Å². The highest BCUT2D eigenvalue weighted by Crippen LogP contribution is 2.24. The number of benzene rings is 2. The summed E-state index contributed by atoms with van der Waals surface area (Å²) >= 11 is 6.11. The van der Waals surface area contributed by atoms with Crippen LogP contribution in [-0.2, 0) is 6.42 Å². The second-order valence-corrected chi connectivity index (χ2v) is 6.52. The van der Waals surface area contributed by atoms with Gasteiger partial charge in [0.25, 0.3) is 0 Å². The number of anilines is 1. The molecule has 0 unspecified atom stereocenters. The minimum absolute atomic E-state index is 0.327. The molecule has 0 spiro atoms. The second kappa shape index (κ2) is 8.11. The van der Waals surface area contributed by atoms with Crippen LogP contribution in [-0.4, -0.2) is 37.2 Å². The van der Waals surface area contributed by atoms with Crippen LogP contribution in [0.5, 0.6) is 5.75 Å². The summed E-state index contributed by atoms with van der Waals surface area (Å²) in [6.07, 6.45) is 0.627. The lowest BCUT2D eigenvalue weighted by molar-refractivity contribution is 0.149. The molecule has 1 heterocycles. The third-order valence-corrected chi connectivity index (χ3v) is 4.83. The summed E-state index contributed by atoms with van der Waals surface area (Å²) in [6.45, 7) is 4.60. The molecule has 134 valence electrons. The van der Waals surface area contributed by atoms with E-state index in [0.717, 1.165) is 12.1 Å². The Kier molecular flexibility index (Phi) is 5.65. The molecule has 0 aliphatic carbocycles. The third kappa shape index (κ3) is 4.09. The van der Waals surface area contributed by atoms with Crippen molar-refractivity contribution < 1.29 is 9.53 Å². The Hall–Kier alpha value is -2.71. The van der Waals surface area contributed by atoms with E-state index in [9.17, 15) is 4.79 Å².